The zero-order valence-corrected chi connectivity index (χ0v) is 7.38. The van der Waals surface area contributed by atoms with E-state index in [0.29, 0.717) is 12.2 Å². The molecule has 0 radical (unpaired) electrons. The first-order valence-electron chi connectivity index (χ1n) is 3.99. The van der Waals surface area contributed by atoms with Crippen LogP contribution >= 0.6 is 0 Å². The van der Waals surface area contributed by atoms with Gasteiger partial charge in [-0.1, -0.05) is 12.1 Å². The van der Waals surface area contributed by atoms with Crippen molar-refractivity contribution in [2.45, 2.75) is 32.0 Å². The molecule has 0 aromatic carbocycles. The first-order valence-corrected chi connectivity index (χ1v) is 3.99. The number of alkyl halides is 3. The van der Waals surface area contributed by atoms with Crippen molar-refractivity contribution in [2.24, 2.45) is 0 Å². The van der Waals surface area contributed by atoms with Crippen LogP contribution in [0.2, 0.25) is 0 Å². The molecule has 0 amide bonds. The summed E-state index contributed by atoms with van der Waals surface area (Å²) in [5.41, 5.74) is 0. The number of aliphatic hydroxyl groups is 1. The van der Waals surface area contributed by atoms with Gasteiger partial charge in [-0.2, -0.15) is 18.2 Å². The third-order valence-corrected chi connectivity index (χ3v) is 1.57. The van der Waals surface area contributed by atoms with E-state index in [4.69, 9.17) is 5.11 Å². The molecule has 0 fully saturated rings. The van der Waals surface area contributed by atoms with Gasteiger partial charge in [0.1, 0.15) is 0 Å². The molecule has 1 aromatic heterocycles. The predicted octanol–water partition coefficient (Wildman–Crippen LogP) is 1.10. The monoisotopic (exact) mass is 210 g/mol. The molecular formula is C7H9F3N2O2. The molecule has 80 valence electrons. The van der Waals surface area contributed by atoms with Gasteiger partial charge in [0, 0.05) is 6.42 Å². The first kappa shape index (κ1) is 11.0. The van der Waals surface area contributed by atoms with Crippen LogP contribution in [-0.4, -0.2) is 27.5 Å². The molecule has 4 nitrogen and oxygen atoms in total. The van der Waals surface area contributed by atoms with Gasteiger partial charge in [-0.3, -0.25) is 0 Å². The maximum atomic E-state index is 11.9. The lowest BCUT2D eigenvalue weighted by molar-refractivity contribution is -0.204. The molecule has 14 heavy (non-hydrogen) atoms. The fourth-order valence-corrected chi connectivity index (χ4v) is 0.798. The van der Waals surface area contributed by atoms with Gasteiger partial charge in [0.05, 0.1) is 6.42 Å². The van der Waals surface area contributed by atoms with Crippen LogP contribution in [0.15, 0.2) is 4.52 Å². The minimum absolute atomic E-state index is 0.202. The molecule has 0 bridgehead atoms. The van der Waals surface area contributed by atoms with Crippen molar-refractivity contribution in [3.05, 3.63) is 11.7 Å². The molecule has 1 rings (SSSR count). The van der Waals surface area contributed by atoms with E-state index in [1.54, 1.807) is 6.92 Å². The van der Waals surface area contributed by atoms with Crippen LogP contribution in [0.3, 0.4) is 0 Å². The number of halogens is 3. The number of nitrogens with zero attached hydrogens (tertiary/aromatic N) is 2. The standard InChI is InChI=1S/C7H9F3N2O2/c1-2-5-11-6(14-12-5)3-4(13)7(8,9)10/h4,13H,2-3H2,1H3. The molecule has 1 atom stereocenters. The van der Waals surface area contributed by atoms with Crippen LogP contribution in [0, 0.1) is 0 Å². The topological polar surface area (TPSA) is 59.2 Å². The molecule has 7 heteroatoms. The number of aryl methyl sites for hydroxylation is 1. The first-order chi connectivity index (χ1) is 6.43. The normalized spacial score (nSPS) is 14.4. The van der Waals surface area contributed by atoms with E-state index in [1.807, 2.05) is 0 Å². The maximum Gasteiger partial charge on any atom is 0.414 e. The van der Waals surface area contributed by atoms with Crippen molar-refractivity contribution < 1.29 is 22.8 Å². The second kappa shape index (κ2) is 3.95. The second-order valence-electron chi connectivity index (χ2n) is 2.72. The van der Waals surface area contributed by atoms with Crippen molar-refractivity contribution in [3.63, 3.8) is 0 Å². The van der Waals surface area contributed by atoms with Gasteiger partial charge in [-0.05, 0) is 0 Å². The van der Waals surface area contributed by atoms with E-state index in [0.717, 1.165) is 0 Å². The number of rotatable bonds is 3. The molecule has 1 N–H and O–H groups in total. The highest BCUT2D eigenvalue weighted by atomic mass is 19.4. The predicted molar refractivity (Wildman–Crippen MR) is 39.4 cm³/mol. The van der Waals surface area contributed by atoms with Crippen molar-refractivity contribution in [2.75, 3.05) is 0 Å². The fourth-order valence-electron chi connectivity index (χ4n) is 0.798. The molecule has 1 heterocycles. The SMILES string of the molecule is CCc1noc(CC(O)C(F)(F)F)n1. The highest BCUT2D eigenvalue weighted by Gasteiger charge is 2.39. The highest BCUT2D eigenvalue weighted by molar-refractivity contribution is 4.88. The van der Waals surface area contributed by atoms with Crippen molar-refractivity contribution in [1.29, 1.82) is 0 Å². The van der Waals surface area contributed by atoms with Gasteiger partial charge in [0.2, 0.25) is 5.89 Å². The largest absolute Gasteiger partial charge is 0.414 e. The second-order valence-corrected chi connectivity index (χ2v) is 2.72. The minimum Gasteiger partial charge on any atom is -0.383 e. The molecule has 1 aromatic rings. The van der Waals surface area contributed by atoms with Gasteiger partial charge in [0.25, 0.3) is 0 Å². The van der Waals surface area contributed by atoms with Gasteiger partial charge in [-0.25, -0.2) is 0 Å². The summed E-state index contributed by atoms with van der Waals surface area (Å²) in [6.45, 7) is 1.74. The average Bonchev–Trinajstić information content (AvgIpc) is 2.50. The molecule has 0 aliphatic rings. The van der Waals surface area contributed by atoms with E-state index < -0.39 is 18.7 Å². The molecule has 1 unspecified atom stereocenters. The smallest absolute Gasteiger partial charge is 0.383 e. The molecule has 0 saturated carbocycles. The third-order valence-electron chi connectivity index (χ3n) is 1.57. The Morgan fingerprint density at radius 2 is 2.14 bits per heavy atom. The van der Waals surface area contributed by atoms with Crippen molar-refractivity contribution in [3.8, 4) is 0 Å². The van der Waals surface area contributed by atoms with Gasteiger partial charge < -0.3 is 9.63 Å². The Kier molecular flexibility index (Phi) is 3.10. The van der Waals surface area contributed by atoms with Crippen LogP contribution in [-0.2, 0) is 12.8 Å². The van der Waals surface area contributed by atoms with E-state index in [9.17, 15) is 13.2 Å². The third kappa shape index (κ3) is 2.69. The van der Waals surface area contributed by atoms with Crippen LogP contribution < -0.4 is 0 Å². The lowest BCUT2D eigenvalue weighted by Gasteiger charge is -2.11. The summed E-state index contributed by atoms with van der Waals surface area (Å²) in [7, 11) is 0. The van der Waals surface area contributed by atoms with E-state index in [1.165, 1.54) is 0 Å². The lowest BCUT2D eigenvalue weighted by Crippen LogP contribution is -2.30. The summed E-state index contributed by atoms with van der Waals surface area (Å²) in [4.78, 5) is 3.64. The number of hydrogen-bond donors (Lipinski definition) is 1. The molecular weight excluding hydrogens is 201 g/mol. The Bertz CT molecular complexity index is 297. The summed E-state index contributed by atoms with van der Waals surface area (Å²) in [5.74, 6) is 0.126. The Morgan fingerprint density at radius 1 is 1.50 bits per heavy atom. The Balaban J connectivity index is 2.60. The Morgan fingerprint density at radius 3 is 2.57 bits per heavy atom. The van der Waals surface area contributed by atoms with E-state index in [-0.39, 0.29) is 5.89 Å². The summed E-state index contributed by atoms with van der Waals surface area (Å²) >= 11 is 0. The van der Waals surface area contributed by atoms with Crippen LogP contribution in [0.25, 0.3) is 0 Å². The molecule has 0 spiro atoms. The minimum atomic E-state index is -4.65. The van der Waals surface area contributed by atoms with Crippen LogP contribution in [0.4, 0.5) is 13.2 Å². The van der Waals surface area contributed by atoms with Crippen molar-refractivity contribution >= 4 is 0 Å². The highest BCUT2D eigenvalue weighted by Crippen LogP contribution is 2.22. The number of hydrogen-bond acceptors (Lipinski definition) is 4. The van der Waals surface area contributed by atoms with E-state index >= 15 is 0 Å². The summed E-state index contributed by atoms with van der Waals surface area (Å²) in [6, 6.07) is 0. The fraction of sp³-hybridized carbons (Fsp3) is 0.714. The van der Waals surface area contributed by atoms with Crippen LogP contribution in [0.5, 0.6) is 0 Å². The van der Waals surface area contributed by atoms with E-state index in [2.05, 4.69) is 14.7 Å². The van der Waals surface area contributed by atoms with Gasteiger partial charge in [0.15, 0.2) is 11.9 Å². The zero-order chi connectivity index (χ0) is 10.8. The van der Waals surface area contributed by atoms with Crippen LogP contribution in [0.1, 0.15) is 18.6 Å². The zero-order valence-electron chi connectivity index (χ0n) is 7.38. The Hall–Kier alpha value is -1.11. The van der Waals surface area contributed by atoms with Gasteiger partial charge in [-0.15, -0.1) is 0 Å². The molecule has 0 saturated heterocycles. The lowest BCUT2D eigenvalue weighted by atomic mass is 10.2. The average molecular weight is 210 g/mol. The summed E-state index contributed by atoms with van der Waals surface area (Å²) in [6.07, 6.45) is -7.32. The Labute approximate surface area is 77.7 Å². The van der Waals surface area contributed by atoms with Crippen molar-refractivity contribution in [1.82, 2.24) is 10.1 Å². The quantitative estimate of drug-likeness (QED) is 0.811. The van der Waals surface area contributed by atoms with Gasteiger partial charge >= 0.3 is 6.18 Å². The molecule has 0 aliphatic carbocycles. The summed E-state index contributed by atoms with van der Waals surface area (Å²) in [5, 5.41) is 12.1. The molecule has 0 aliphatic heterocycles. The summed E-state index contributed by atoms with van der Waals surface area (Å²) < 4.78 is 40.2. The maximum absolute atomic E-state index is 11.9. The number of aliphatic hydroxyl groups excluding tert-OH is 1. The number of aromatic nitrogens is 2.